The minimum atomic E-state index is 0.641. The molecule has 1 heterocycles. The van der Waals surface area contributed by atoms with Gasteiger partial charge in [0.2, 0.25) is 0 Å². The van der Waals surface area contributed by atoms with Crippen molar-refractivity contribution in [2.45, 2.75) is 12.6 Å². The Kier molecular flexibility index (Phi) is 3.52. The maximum atomic E-state index is 5.95. The molecule has 0 saturated carbocycles. The molecule has 1 saturated heterocycles. The maximum absolute atomic E-state index is 5.95. The topological polar surface area (TPSA) is 15.3 Å². The highest BCUT2D eigenvalue weighted by Gasteiger charge is 2.21. The first-order chi connectivity index (χ1) is 7.15. The zero-order chi connectivity index (χ0) is 10.8. The van der Waals surface area contributed by atoms with E-state index in [0.29, 0.717) is 16.1 Å². The van der Waals surface area contributed by atoms with Crippen molar-refractivity contribution in [1.29, 1.82) is 0 Å². The van der Waals surface area contributed by atoms with Crippen LogP contribution in [-0.4, -0.2) is 31.1 Å². The Balaban J connectivity index is 2.02. The Labute approximate surface area is 100 Å². The third kappa shape index (κ3) is 2.85. The highest BCUT2D eigenvalue weighted by molar-refractivity contribution is 6.34. The number of benzene rings is 1. The molecule has 1 aliphatic heterocycles. The highest BCUT2D eigenvalue weighted by atomic mass is 35.5. The lowest BCUT2D eigenvalue weighted by atomic mass is 10.1. The Hall–Kier alpha value is -0.280. The van der Waals surface area contributed by atoms with Crippen molar-refractivity contribution >= 4 is 23.2 Å². The van der Waals surface area contributed by atoms with Gasteiger partial charge in [0.25, 0.3) is 0 Å². The molecule has 0 amide bonds. The summed E-state index contributed by atoms with van der Waals surface area (Å²) in [6, 6.07) is 6.34. The number of hydrogen-bond donors (Lipinski definition) is 1. The van der Waals surface area contributed by atoms with Gasteiger partial charge in [0.15, 0.2) is 0 Å². The van der Waals surface area contributed by atoms with Crippen molar-refractivity contribution in [2.24, 2.45) is 0 Å². The molecule has 1 aromatic carbocycles. The van der Waals surface area contributed by atoms with Crippen molar-refractivity contribution in [3.8, 4) is 0 Å². The van der Waals surface area contributed by atoms with Crippen LogP contribution in [0.15, 0.2) is 18.2 Å². The van der Waals surface area contributed by atoms with Gasteiger partial charge >= 0.3 is 0 Å². The lowest BCUT2D eigenvalue weighted by Crippen LogP contribution is -2.55. The van der Waals surface area contributed by atoms with Gasteiger partial charge in [-0.1, -0.05) is 23.2 Å². The Bertz CT molecular complexity index is 330. The molecule has 1 N–H and O–H groups in total. The van der Waals surface area contributed by atoms with E-state index in [1.807, 2.05) is 12.1 Å². The lowest BCUT2D eigenvalue weighted by molar-refractivity contribution is 0.173. The molecular weight excluding hydrogens is 231 g/mol. The molecule has 0 radical (unpaired) electrons. The smallest absolute Gasteiger partial charge is 0.0424 e. The second-order valence-electron chi connectivity index (χ2n) is 4.00. The van der Waals surface area contributed by atoms with E-state index in [4.69, 9.17) is 23.2 Å². The molecular formula is C11H14Cl2N2. The lowest BCUT2D eigenvalue weighted by Gasteiger charge is -2.35. The van der Waals surface area contributed by atoms with E-state index in [0.717, 1.165) is 19.6 Å². The van der Waals surface area contributed by atoms with E-state index in [1.54, 1.807) is 6.07 Å². The molecule has 1 fully saturated rings. The number of hydrogen-bond acceptors (Lipinski definition) is 2. The summed E-state index contributed by atoms with van der Waals surface area (Å²) in [6.45, 7) is 3.04. The van der Waals surface area contributed by atoms with Crippen LogP contribution >= 0.6 is 23.2 Å². The summed E-state index contributed by atoms with van der Waals surface area (Å²) < 4.78 is 0. The second kappa shape index (κ2) is 4.71. The third-order valence-electron chi connectivity index (χ3n) is 2.74. The quantitative estimate of drug-likeness (QED) is 0.879. The normalized spacial score (nSPS) is 16.8. The van der Waals surface area contributed by atoms with Gasteiger partial charge in [0, 0.05) is 35.7 Å². The van der Waals surface area contributed by atoms with Crippen molar-refractivity contribution in [1.82, 2.24) is 10.2 Å². The van der Waals surface area contributed by atoms with Crippen molar-refractivity contribution in [3.05, 3.63) is 33.8 Å². The molecule has 0 spiro atoms. The molecule has 4 heteroatoms. The Morgan fingerprint density at radius 1 is 1.27 bits per heavy atom. The third-order valence-corrected chi connectivity index (χ3v) is 3.17. The number of halogens is 2. The fourth-order valence-corrected chi connectivity index (χ4v) is 2.28. The first kappa shape index (κ1) is 11.2. The monoisotopic (exact) mass is 244 g/mol. The van der Waals surface area contributed by atoms with E-state index in [1.165, 1.54) is 5.56 Å². The van der Waals surface area contributed by atoms with Crippen LogP contribution in [0.25, 0.3) is 0 Å². The van der Waals surface area contributed by atoms with Crippen LogP contribution in [0.4, 0.5) is 0 Å². The van der Waals surface area contributed by atoms with E-state index >= 15 is 0 Å². The molecule has 82 valence electrons. The molecule has 15 heavy (non-hydrogen) atoms. The first-order valence-electron chi connectivity index (χ1n) is 5.01. The molecule has 0 bridgehead atoms. The standard InChI is InChI=1S/C11H14Cl2N2/c1-15(11-5-14-6-11)7-8-2-9(12)4-10(13)3-8/h2-4,11,14H,5-7H2,1H3. The molecule has 0 unspecified atom stereocenters. The summed E-state index contributed by atoms with van der Waals surface area (Å²) in [5.41, 5.74) is 1.17. The van der Waals surface area contributed by atoms with Crippen LogP contribution in [0.1, 0.15) is 5.56 Å². The molecule has 0 aliphatic carbocycles. The van der Waals surface area contributed by atoms with Crippen LogP contribution in [-0.2, 0) is 6.54 Å². The van der Waals surface area contributed by atoms with Crippen LogP contribution in [0.3, 0.4) is 0 Å². The van der Waals surface area contributed by atoms with E-state index in [-0.39, 0.29) is 0 Å². The van der Waals surface area contributed by atoms with Gasteiger partial charge in [-0.3, -0.25) is 4.90 Å². The van der Waals surface area contributed by atoms with Crippen molar-refractivity contribution < 1.29 is 0 Å². The molecule has 0 aromatic heterocycles. The first-order valence-corrected chi connectivity index (χ1v) is 5.76. The SMILES string of the molecule is CN(Cc1cc(Cl)cc(Cl)c1)C1CNC1. The molecule has 0 atom stereocenters. The number of nitrogens with one attached hydrogen (secondary N) is 1. The van der Waals surface area contributed by atoms with Gasteiger partial charge in [-0.15, -0.1) is 0 Å². The Morgan fingerprint density at radius 3 is 2.33 bits per heavy atom. The summed E-state index contributed by atoms with van der Waals surface area (Å²) in [6.07, 6.45) is 0. The van der Waals surface area contributed by atoms with Gasteiger partial charge in [0.1, 0.15) is 0 Å². The highest BCUT2D eigenvalue weighted by Crippen LogP contribution is 2.20. The Morgan fingerprint density at radius 2 is 1.87 bits per heavy atom. The number of likely N-dealkylation sites (N-methyl/N-ethyl adjacent to an activating group) is 1. The van der Waals surface area contributed by atoms with Gasteiger partial charge in [-0.05, 0) is 30.8 Å². The van der Waals surface area contributed by atoms with Crippen LogP contribution < -0.4 is 5.32 Å². The second-order valence-corrected chi connectivity index (χ2v) is 4.88. The van der Waals surface area contributed by atoms with Gasteiger partial charge in [-0.25, -0.2) is 0 Å². The van der Waals surface area contributed by atoms with Gasteiger partial charge in [-0.2, -0.15) is 0 Å². The fraction of sp³-hybridized carbons (Fsp3) is 0.455. The zero-order valence-electron chi connectivity index (χ0n) is 8.63. The average molecular weight is 245 g/mol. The van der Waals surface area contributed by atoms with E-state index < -0.39 is 0 Å². The molecule has 1 aromatic rings. The van der Waals surface area contributed by atoms with Crippen LogP contribution in [0.2, 0.25) is 10.0 Å². The zero-order valence-corrected chi connectivity index (χ0v) is 10.1. The molecule has 2 nitrogen and oxygen atoms in total. The minimum Gasteiger partial charge on any atom is -0.314 e. The van der Waals surface area contributed by atoms with Crippen molar-refractivity contribution in [3.63, 3.8) is 0 Å². The van der Waals surface area contributed by atoms with Crippen LogP contribution in [0.5, 0.6) is 0 Å². The number of nitrogens with zero attached hydrogens (tertiary/aromatic N) is 1. The molecule has 2 rings (SSSR count). The minimum absolute atomic E-state index is 0.641. The fourth-order valence-electron chi connectivity index (χ4n) is 1.70. The maximum Gasteiger partial charge on any atom is 0.0424 e. The summed E-state index contributed by atoms with van der Waals surface area (Å²) in [7, 11) is 2.13. The number of rotatable bonds is 3. The predicted molar refractivity (Wildman–Crippen MR) is 64.6 cm³/mol. The van der Waals surface area contributed by atoms with Gasteiger partial charge in [0.05, 0.1) is 0 Å². The van der Waals surface area contributed by atoms with Gasteiger partial charge < -0.3 is 5.32 Å². The summed E-state index contributed by atoms with van der Waals surface area (Å²) in [5, 5.41) is 4.67. The van der Waals surface area contributed by atoms with E-state index in [9.17, 15) is 0 Å². The predicted octanol–water partition coefficient (Wildman–Crippen LogP) is 2.40. The summed E-state index contributed by atoms with van der Waals surface area (Å²) >= 11 is 11.9. The van der Waals surface area contributed by atoms with Crippen molar-refractivity contribution in [2.75, 3.05) is 20.1 Å². The van der Waals surface area contributed by atoms with E-state index in [2.05, 4.69) is 17.3 Å². The van der Waals surface area contributed by atoms with Crippen LogP contribution in [0, 0.1) is 0 Å². The average Bonchev–Trinajstić information content (AvgIpc) is 1.96. The summed E-state index contributed by atoms with van der Waals surface area (Å²) in [4.78, 5) is 2.32. The largest absolute Gasteiger partial charge is 0.314 e. The summed E-state index contributed by atoms with van der Waals surface area (Å²) in [5.74, 6) is 0. The molecule has 1 aliphatic rings.